The quantitative estimate of drug-likeness (QED) is 0.590. The highest BCUT2D eigenvalue weighted by atomic mass is 16.5. The number of aromatic hydroxyl groups is 1. The zero-order valence-electron chi connectivity index (χ0n) is 12.0. The summed E-state index contributed by atoms with van der Waals surface area (Å²) < 4.78 is 5.40. The van der Waals surface area contributed by atoms with Gasteiger partial charge in [-0.1, -0.05) is 13.0 Å². The van der Waals surface area contributed by atoms with Crippen molar-refractivity contribution >= 4 is 11.8 Å². The molecule has 5 N–H and O–H groups in total. The fourth-order valence-electron chi connectivity index (χ4n) is 1.84. The molecule has 0 heterocycles. The third kappa shape index (κ3) is 6.13. The van der Waals surface area contributed by atoms with E-state index in [0.29, 0.717) is 17.9 Å². The van der Waals surface area contributed by atoms with Crippen molar-refractivity contribution in [3.05, 3.63) is 23.8 Å². The average molecular weight is 295 g/mol. The second-order valence-corrected chi connectivity index (χ2v) is 4.72. The highest BCUT2D eigenvalue weighted by Crippen LogP contribution is 2.24. The van der Waals surface area contributed by atoms with Gasteiger partial charge < -0.3 is 21.3 Å². The van der Waals surface area contributed by atoms with E-state index in [1.807, 2.05) is 6.92 Å². The number of primary amides is 2. The minimum atomic E-state index is -0.571. The highest BCUT2D eigenvalue weighted by molar-refractivity contribution is 5.79. The lowest BCUT2D eigenvalue weighted by molar-refractivity contribution is -0.122. The molecule has 1 rings (SSSR count). The van der Waals surface area contributed by atoms with E-state index in [0.717, 1.165) is 6.42 Å². The van der Waals surface area contributed by atoms with Gasteiger partial charge >= 0.3 is 0 Å². The third-order valence-corrected chi connectivity index (χ3v) is 2.68. The number of hydrogen-bond acceptors (Lipinski definition) is 5. The number of phenols is 1. The van der Waals surface area contributed by atoms with E-state index in [1.54, 1.807) is 12.1 Å². The van der Waals surface area contributed by atoms with E-state index in [1.165, 1.54) is 11.0 Å². The Morgan fingerprint density at radius 1 is 1.24 bits per heavy atom. The molecular weight excluding hydrogens is 274 g/mol. The average Bonchev–Trinajstić information content (AvgIpc) is 2.37. The molecule has 0 unspecified atom stereocenters. The summed E-state index contributed by atoms with van der Waals surface area (Å²) in [6, 6.07) is 4.89. The number of rotatable bonds is 9. The summed E-state index contributed by atoms with van der Waals surface area (Å²) in [5.41, 5.74) is 10.8. The molecule has 0 fully saturated rings. The van der Waals surface area contributed by atoms with Crippen molar-refractivity contribution in [1.82, 2.24) is 4.90 Å². The lowest BCUT2D eigenvalue weighted by Gasteiger charge is -2.19. The van der Waals surface area contributed by atoms with Crippen LogP contribution in [0.2, 0.25) is 0 Å². The second-order valence-electron chi connectivity index (χ2n) is 4.72. The first-order chi connectivity index (χ1) is 9.92. The van der Waals surface area contributed by atoms with Crippen molar-refractivity contribution < 1.29 is 19.4 Å². The number of ether oxygens (including phenoxy) is 1. The van der Waals surface area contributed by atoms with Crippen molar-refractivity contribution in [3.8, 4) is 11.5 Å². The van der Waals surface area contributed by atoms with Gasteiger partial charge in [-0.15, -0.1) is 0 Å². The first kappa shape index (κ1) is 16.8. The molecule has 1 aromatic carbocycles. The maximum Gasteiger partial charge on any atom is 0.231 e. The van der Waals surface area contributed by atoms with Crippen molar-refractivity contribution in [2.24, 2.45) is 11.5 Å². The number of phenolic OH excluding ortho intramolecular Hbond substituents is 1. The Balaban J connectivity index is 2.78. The van der Waals surface area contributed by atoms with Gasteiger partial charge in [0.15, 0.2) is 0 Å². The monoisotopic (exact) mass is 295 g/mol. The van der Waals surface area contributed by atoms with Crippen LogP contribution in [-0.4, -0.2) is 41.5 Å². The first-order valence-electron chi connectivity index (χ1n) is 6.66. The summed E-state index contributed by atoms with van der Waals surface area (Å²) in [7, 11) is 0. The molecule has 0 aliphatic carbocycles. The van der Waals surface area contributed by atoms with Crippen LogP contribution in [0.25, 0.3) is 0 Å². The summed E-state index contributed by atoms with van der Waals surface area (Å²) in [4.78, 5) is 23.4. The smallest absolute Gasteiger partial charge is 0.231 e. The van der Waals surface area contributed by atoms with Crippen LogP contribution in [0.5, 0.6) is 11.5 Å². The molecule has 7 nitrogen and oxygen atoms in total. The maximum atomic E-state index is 11.0. The zero-order valence-corrected chi connectivity index (χ0v) is 12.0. The molecular formula is C14H21N3O4. The van der Waals surface area contributed by atoms with Gasteiger partial charge in [0, 0.05) is 18.2 Å². The summed E-state index contributed by atoms with van der Waals surface area (Å²) in [5.74, 6) is -0.547. The molecule has 0 atom stereocenters. The molecule has 0 aliphatic heterocycles. The molecule has 0 saturated carbocycles. The fraction of sp³-hybridized carbons (Fsp3) is 0.429. The number of carbonyl (C=O) groups is 2. The Kier molecular flexibility index (Phi) is 6.48. The van der Waals surface area contributed by atoms with Gasteiger partial charge in [-0.2, -0.15) is 0 Å². The lowest BCUT2D eigenvalue weighted by Crippen LogP contribution is -2.39. The van der Waals surface area contributed by atoms with Crippen LogP contribution < -0.4 is 16.2 Å². The van der Waals surface area contributed by atoms with Crippen LogP contribution >= 0.6 is 0 Å². The molecule has 116 valence electrons. The zero-order chi connectivity index (χ0) is 15.8. The van der Waals surface area contributed by atoms with Crippen LogP contribution in [0.1, 0.15) is 18.9 Å². The Bertz CT molecular complexity index is 489. The Morgan fingerprint density at radius 3 is 2.33 bits per heavy atom. The molecule has 0 aromatic heterocycles. The molecule has 1 aromatic rings. The van der Waals surface area contributed by atoms with Crippen LogP contribution in [0.4, 0.5) is 0 Å². The molecule has 0 spiro atoms. The fourth-order valence-corrected chi connectivity index (χ4v) is 1.84. The van der Waals surface area contributed by atoms with Crippen molar-refractivity contribution in [3.63, 3.8) is 0 Å². The van der Waals surface area contributed by atoms with Gasteiger partial charge in [-0.05, 0) is 12.5 Å². The molecule has 0 radical (unpaired) electrons. The van der Waals surface area contributed by atoms with Crippen molar-refractivity contribution in [1.29, 1.82) is 0 Å². The number of carbonyl (C=O) groups excluding carboxylic acids is 2. The van der Waals surface area contributed by atoms with Gasteiger partial charge in [-0.25, -0.2) is 0 Å². The molecule has 21 heavy (non-hydrogen) atoms. The van der Waals surface area contributed by atoms with Crippen molar-refractivity contribution in [2.75, 3.05) is 19.7 Å². The summed E-state index contributed by atoms with van der Waals surface area (Å²) in [6.45, 7) is 2.51. The van der Waals surface area contributed by atoms with E-state index in [-0.39, 0.29) is 25.4 Å². The molecule has 0 saturated heterocycles. The molecule has 0 aliphatic rings. The number of hydrogen-bond donors (Lipinski definition) is 3. The third-order valence-electron chi connectivity index (χ3n) is 2.68. The van der Waals surface area contributed by atoms with Gasteiger partial charge in [-0.3, -0.25) is 14.5 Å². The van der Waals surface area contributed by atoms with E-state index >= 15 is 0 Å². The Labute approximate surface area is 123 Å². The maximum absolute atomic E-state index is 11.0. The van der Waals surface area contributed by atoms with Crippen LogP contribution in [-0.2, 0) is 16.1 Å². The standard InChI is InChI=1S/C14H21N3O4/c1-2-5-21-11-4-3-10(12(18)6-11)7-17(8-13(15)19)9-14(16)20/h3-4,6,18H,2,5,7-9H2,1H3,(H2,15,19)(H2,16,20). The predicted octanol–water partition coefficient (Wildman–Crippen LogP) is -0.0464. The van der Waals surface area contributed by atoms with E-state index in [9.17, 15) is 14.7 Å². The molecule has 0 bridgehead atoms. The minimum Gasteiger partial charge on any atom is -0.507 e. The second kappa shape index (κ2) is 8.11. The number of nitrogens with two attached hydrogens (primary N) is 2. The predicted molar refractivity (Wildman–Crippen MR) is 77.6 cm³/mol. The summed E-state index contributed by atoms with van der Waals surface area (Å²) in [6.07, 6.45) is 0.869. The molecule has 2 amide bonds. The van der Waals surface area contributed by atoms with Gasteiger partial charge in [0.05, 0.1) is 19.7 Å². The van der Waals surface area contributed by atoms with Crippen molar-refractivity contribution in [2.45, 2.75) is 19.9 Å². The number of amides is 2. The van der Waals surface area contributed by atoms with E-state index < -0.39 is 11.8 Å². The first-order valence-corrected chi connectivity index (χ1v) is 6.66. The summed E-state index contributed by atoms with van der Waals surface area (Å²) >= 11 is 0. The summed E-state index contributed by atoms with van der Waals surface area (Å²) in [5, 5.41) is 9.97. The van der Waals surface area contributed by atoms with Crippen LogP contribution in [0.15, 0.2) is 18.2 Å². The van der Waals surface area contributed by atoms with Crippen LogP contribution in [0.3, 0.4) is 0 Å². The van der Waals surface area contributed by atoms with E-state index in [2.05, 4.69) is 0 Å². The number of benzene rings is 1. The molecule has 7 heteroatoms. The lowest BCUT2D eigenvalue weighted by atomic mass is 10.1. The van der Waals surface area contributed by atoms with E-state index in [4.69, 9.17) is 16.2 Å². The highest BCUT2D eigenvalue weighted by Gasteiger charge is 2.14. The van der Waals surface area contributed by atoms with Crippen LogP contribution in [0, 0.1) is 0 Å². The number of nitrogens with zero attached hydrogens (tertiary/aromatic N) is 1. The largest absolute Gasteiger partial charge is 0.507 e. The minimum absolute atomic E-state index is 0.0301. The Morgan fingerprint density at radius 2 is 1.86 bits per heavy atom. The van der Waals surface area contributed by atoms with Gasteiger partial charge in [0.1, 0.15) is 11.5 Å². The topological polar surface area (TPSA) is 119 Å². The van der Waals surface area contributed by atoms with Gasteiger partial charge in [0.2, 0.25) is 11.8 Å². The SMILES string of the molecule is CCCOc1ccc(CN(CC(N)=O)CC(N)=O)c(O)c1. The normalized spacial score (nSPS) is 10.6. The van der Waals surface area contributed by atoms with Gasteiger partial charge in [0.25, 0.3) is 0 Å². The Hall–Kier alpha value is -2.28.